The lowest BCUT2D eigenvalue weighted by atomic mass is 10.1. The van der Waals surface area contributed by atoms with Gasteiger partial charge in [0.25, 0.3) is 0 Å². The molecule has 2 aliphatic rings. The minimum atomic E-state index is -1.01. The average Bonchev–Trinajstić information content (AvgIpc) is 3.28. The third-order valence-corrected chi connectivity index (χ3v) is 5.86. The molecular weight excluding hydrogens is 380 g/mol. The van der Waals surface area contributed by atoms with Crippen LogP contribution in [0, 0.1) is 18.6 Å². The molecule has 0 saturated carbocycles. The number of aryl methyl sites for hydroxylation is 1. The van der Waals surface area contributed by atoms with E-state index in [-0.39, 0.29) is 35.8 Å². The summed E-state index contributed by atoms with van der Waals surface area (Å²) in [7, 11) is 0. The van der Waals surface area contributed by atoms with Gasteiger partial charge >= 0.3 is 6.03 Å². The quantitative estimate of drug-likeness (QED) is 0.833. The number of rotatable bonds is 2. The zero-order valence-electron chi connectivity index (χ0n) is 16.6. The van der Waals surface area contributed by atoms with Gasteiger partial charge in [-0.2, -0.15) is 5.10 Å². The van der Waals surface area contributed by atoms with E-state index in [1.165, 1.54) is 13.0 Å². The minimum absolute atomic E-state index is 0.0559. The Hall–Kier alpha value is -2.97. The molecule has 0 aliphatic carbocycles. The van der Waals surface area contributed by atoms with Crippen LogP contribution in [-0.4, -0.2) is 39.2 Å². The second kappa shape index (κ2) is 7.13. The first kappa shape index (κ1) is 19.4. The van der Waals surface area contributed by atoms with Crippen molar-refractivity contribution in [1.29, 1.82) is 0 Å². The summed E-state index contributed by atoms with van der Waals surface area (Å²) in [4.78, 5) is 28.5. The summed E-state index contributed by atoms with van der Waals surface area (Å²) in [5.74, 6) is -1.87. The van der Waals surface area contributed by atoms with Crippen LogP contribution in [0.1, 0.15) is 44.0 Å². The van der Waals surface area contributed by atoms with Crippen molar-refractivity contribution in [3.63, 3.8) is 0 Å². The van der Waals surface area contributed by atoms with Crippen molar-refractivity contribution in [1.82, 2.24) is 14.7 Å². The van der Waals surface area contributed by atoms with E-state index in [9.17, 15) is 18.4 Å². The number of urea groups is 1. The van der Waals surface area contributed by atoms with Gasteiger partial charge in [-0.1, -0.05) is 0 Å². The molecule has 1 aromatic carbocycles. The summed E-state index contributed by atoms with van der Waals surface area (Å²) in [6.45, 7) is 6.21. The van der Waals surface area contributed by atoms with Gasteiger partial charge in [0.1, 0.15) is 0 Å². The number of nitrogens with zero attached hydrogens (tertiary/aromatic N) is 4. The topological polar surface area (TPSA) is 70.5 Å². The number of hydrogen-bond donors (Lipinski definition) is 1. The Morgan fingerprint density at radius 1 is 1.24 bits per heavy atom. The molecule has 2 aliphatic heterocycles. The Balaban J connectivity index is 1.60. The Morgan fingerprint density at radius 3 is 2.66 bits per heavy atom. The molecule has 1 N–H and O–H groups in total. The lowest BCUT2D eigenvalue weighted by Gasteiger charge is -2.39. The van der Waals surface area contributed by atoms with Gasteiger partial charge in [0.05, 0.1) is 36.2 Å². The van der Waals surface area contributed by atoms with Crippen LogP contribution in [0.2, 0.25) is 0 Å². The smallest absolute Gasteiger partial charge is 0.314 e. The third-order valence-electron chi connectivity index (χ3n) is 5.86. The summed E-state index contributed by atoms with van der Waals surface area (Å²) < 4.78 is 29.1. The highest BCUT2D eigenvalue weighted by atomic mass is 19.2. The summed E-state index contributed by atoms with van der Waals surface area (Å²) in [6, 6.07) is 1.66. The standard InChI is InChI=1S/C20H23F2N5O2/c1-11-7-14(8-15(21)19(11)22)24-20(29)26-10-17-16(25-6-4-5-18(25)28)9-23-27(17)13(3)12(26)2/h7-9,12-13H,4-6,10H2,1-3H3,(H,24,29)/t12-,13+/m0/s1. The van der Waals surface area contributed by atoms with Crippen LogP contribution in [0.25, 0.3) is 0 Å². The fourth-order valence-electron chi connectivity index (χ4n) is 4.03. The van der Waals surface area contributed by atoms with E-state index in [0.29, 0.717) is 13.0 Å². The molecule has 154 valence electrons. The normalized spacial score (nSPS) is 21.5. The van der Waals surface area contributed by atoms with Crippen molar-refractivity contribution in [3.05, 3.63) is 41.2 Å². The molecule has 3 amide bonds. The maximum atomic E-state index is 13.7. The van der Waals surface area contributed by atoms with Crippen LogP contribution >= 0.6 is 0 Å². The van der Waals surface area contributed by atoms with Crippen LogP contribution in [-0.2, 0) is 11.3 Å². The Morgan fingerprint density at radius 2 is 2.00 bits per heavy atom. The Kier molecular flexibility index (Phi) is 4.76. The lowest BCUT2D eigenvalue weighted by molar-refractivity contribution is -0.117. The highest BCUT2D eigenvalue weighted by molar-refractivity contribution is 5.96. The molecule has 1 fully saturated rings. The number of benzene rings is 1. The van der Waals surface area contributed by atoms with Gasteiger partial charge in [-0.05, 0) is 38.8 Å². The van der Waals surface area contributed by atoms with E-state index in [4.69, 9.17) is 0 Å². The first-order chi connectivity index (χ1) is 13.8. The van der Waals surface area contributed by atoms with E-state index in [0.717, 1.165) is 23.9 Å². The van der Waals surface area contributed by atoms with E-state index >= 15 is 0 Å². The molecule has 9 heteroatoms. The molecule has 0 bridgehead atoms. The molecule has 4 rings (SSSR count). The number of anilines is 2. The van der Waals surface area contributed by atoms with Crippen LogP contribution in [0.3, 0.4) is 0 Å². The lowest BCUT2D eigenvalue weighted by Crippen LogP contribution is -2.49. The summed E-state index contributed by atoms with van der Waals surface area (Å²) in [5, 5.41) is 7.11. The number of carbonyl (C=O) groups is 2. The molecule has 7 nitrogen and oxygen atoms in total. The van der Waals surface area contributed by atoms with E-state index < -0.39 is 17.7 Å². The van der Waals surface area contributed by atoms with Crippen molar-refractivity contribution in [2.75, 3.05) is 16.8 Å². The number of halogens is 2. The number of fused-ring (bicyclic) bond motifs is 1. The van der Waals surface area contributed by atoms with Crippen molar-refractivity contribution in [2.45, 2.75) is 52.2 Å². The number of amides is 3. The highest BCUT2D eigenvalue weighted by Crippen LogP contribution is 2.34. The molecule has 3 heterocycles. The van der Waals surface area contributed by atoms with Crippen LogP contribution in [0.4, 0.5) is 25.0 Å². The van der Waals surface area contributed by atoms with Gasteiger partial charge in [0.15, 0.2) is 11.6 Å². The fourth-order valence-corrected chi connectivity index (χ4v) is 4.03. The molecule has 2 atom stereocenters. The third kappa shape index (κ3) is 3.24. The number of carbonyl (C=O) groups excluding carboxylic acids is 2. The summed E-state index contributed by atoms with van der Waals surface area (Å²) in [6.07, 6.45) is 2.99. The number of aromatic nitrogens is 2. The highest BCUT2D eigenvalue weighted by Gasteiger charge is 2.37. The zero-order chi connectivity index (χ0) is 20.9. The van der Waals surface area contributed by atoms with Crippen molar-refractivity contribution < 1.29 is 18.4 Å². The molecule has 0 radical (unpaired) electrons. The van der Waals surface area contributed by atoms with E-state index in [1.54, 1.807) is 16.0 Å². The first-order valence-electron chi connectivity index (χ1n) is 9.68. The SMILES string of the molecule is Cc1cc(NC(=O)N2Cc3c(N4CCCC4=O)cnn3[C@H](C)[C@@H]2C)cc(F)c1F. The maximum absolute atomic E-state index is 13.7. The summed E-state index contributed by atoms with van der Waals surface area (Å²) in [5.41, 5.74) is 1.84. The van der Waals surface area contributed by atoms with Gasteiger partial charge < -0.3 is 15.1 Å². The second-order valence-electron chi connectivity index (χ2n) is 7.70. The van der Waals surface area contributed by atoms with E-state index in [2.05, 4.69) is 10.4 Å². The minimum Gasteiger partial charge on any atom is -0.314 e. The Bertz CT molecular complexity index is 966. The predicted octanol–water partition coefficient (Wildman–Crippen LogP) is 3.59. The van der Waals surface area contributed by atoms with Crippen LogP contribution in [0.5, 0.6) is 0 Å². The van der Waals surface area contributed by atoms with Crippen molar-refractivity contribution >= 4 is 23.3 Å². The van der Waals surface area contributed by atoms with Crippen LogP contribution < -0.4 is 10.2 Å². The molecule has 0 unspecified atom stereocenters. The second-order valence-corrected chi connectivity index (χ2v) is 7.70. The monoisotopic (exact) mass is 403 g/mol. The molecule has 29 heavy (non-hydrogen) atoms. The Labute approximate surface area is 167 Å². The first-order valence-corrected chi connectivity index (χ1v) is 9.68. The molecule has 2 aromatic rings. The number of nitrogens with one attached hydrogen (secondary N) is 1. The predicted molar refractivity (Wildman–Crippen MR) is 104 cm³/mol. The van der Waals surface area contributed by atoms with Crippen molar-refractivity contribution in [3.8, 4) is 0 Å². The fraction of sp³-hybridized carbons (Fsp3) is 0.450. The van der Waals surface area contributed by atoms with E-state index in [1.807, 2.05) is 18.5 Å². The van der Waals surface area contributed by atoms with Gasteiger partial charge in [-0.3, -0.25) is 9.48 Å². The average molecular weight is 403 g/mol. The maximum Gasteiger partial charge on any atom is 0.322 e. The van der Waals surface area contributed by atoms with Gasteiger partial charge in [0.2, 0.25) is 5.91 Å². The molecule has 1 aromatic heterocycles. The summed E-state index contributed by atoms with van der Waals surface area (Å²) >= 11 is 0. The van der Waals surface area contributed by atoms with Gasteiger partial charge in [0, 0.05) is 24.7 Å². The van der Waals surface area contributed by atoms with Gasteiger partial charge in [-0.15, -0.1) is 0 Å². The molecule has 1 saturated heterocycles. The van der Waals surface area contributed by atoms with Crippen molar-refractivity contribution in [2.24, 2.45) is 0 Å². The van der Waals surface area contributed by atoms with Crippen LogP contribution in [0.15, 0.2) is 18.3 Å². The molecular formula is C20H23F2N5O2. The molecule has 0 spiro atoms. The largest absolute Gasteiger partial charge is 0.322 e. The number of hydrogen-bond acceptors (Lipinski definition) is 3. The zero-order valence-corrected chi connectivity index (χ0v) is 16.6. The van der Waals surface area contributed by atoms with Gasteiger partial charge in [-0.25, -0.2) is 13.6 Å².